The highest BCUT2D eigenvalue weighted by Crippen LogP contribution is 2.17. The molecular weight excluding hydrogens is 318 g/mol. The molecule has 1 aliphatic rings. The predicted octanol–water partition coefficient (Wildman–Crippen LogP) is 0.706. The van der Waals surface area contributed by atoms with Gasteiger partial charge in [0, 0.05) is 13.3 Å². The minimum Gasteiger partial charge on any atom is -0.378 e. The number of hydrogen-bond donors (Lipinski definition) is 1. The minimum atomic E-state index is -3.52. The number of ether oxygens (including phenoxy) is 2. The number of para-hydroxylation sites is 1. The van der Waals surface area contributed by atoms with Crippen LogP contribution in [0.4, 0.5) is 0 Å². The lowest BCUT2D eigenvalue weighted by atomic mass is 10.3. The van der Waals surface area contributed by atoms with Gasteiger partial charge >= 0.3 is 0 Å². The van der Waals surface area contributed by atoms with E-state index in [9.17, 15) is 8.42 Å². The molecule has 1 fully saturated rings. The summed E-state index contributed by atoms with van der Waals surface area (Å²) in [7, 11) is -2.03. The van der Waals surface area contributed by atoms with Crippen molar-refractivity contribution in [3.63, 3.8) is 0 Å². The summed E-state index contributed by atoms with van der Waals surface area (Å²) in [6.45, 7) is 0.576. The Morgan fingerprint density at radius 1 is 1.30 bits per heavy atom. The highest BCUT2D eigenvalue weighted by Gasteiger charge is 2.38. The van der Waals surface area contributed by atoms with E-state index in [2.05, 4.69) is 9.82 Å². The van der Waals surface area contributed by atoms with Crippen molar-refractivity contribution in [2.24, 2.45) is 0 Å². The Labute approximate surface area is 135 Å². The molecule has 124 valence electrons. The number of aromatic nitrogens is 2. The van der Waals surface area contributed by atoms with Gasteiger partial charge in [-0.25, -0.2) is 17.8 Å². The minimum absolute atomic E-state index is 0.134. The highest BCUT2D eigenvalue weighted by atomic mass is 32.2. The lowest BCUT2D eigenvalue weighted by molar-refractivity contribution is 0.0828. The van der Waals surface area contributed by atoms with Crippen LogP contribution in [-0.2, 0) is 26.0 Å². The topological polar surface area (TPSA) is 82.5 Å². The molecule has 7 nitrogen and oxygen atoms in total. The summed E-state index contributed by atoms with van der Waals surface area (Å²) in [6, 6.07) is 11.4. The van der Waals surface area contributed by atoms with Crippen LogP contribution in [0.1, 0.15) is 5.69 Å². The molecule has 2 unspecified atom stereocenters. The molecule has 0 saturated carbocycles. The summed E-state index contributed by atoms with van der Waals surface area (Å²) in [5, 5.41) is 3.69. The Morgan fingerprint density at radius 3 is 2.83 bits per heavy atom. The van der Waals surface area contributed by atoms with E-state index >= 15 is 0 Å². The molecule has 2 aromatic rings. The van der Waals surface area contributed by atoms with Crippen LogP contribution in [0, 0.1) is 0 Å². The Kier molecular flexibility index (Phi) is 4.76. The van der Waals surface area contributed by atoms with Gasteiger partial charge in [-0.1, -0.05) is 18.2 Å². The lowest BCUT2D eigenvalue weighted by Gasteiger charge is -2.16. The Bertz CT molecular complexity index is 745. The largest absolute Gasteiger partial charge is 0.378 e. The first kappa shape index (κ1) is 16.1. The molecule has 1 aromatic heterocycles. The normalized spacial score (nSPS) is 21.6. The van der Waals surface area contributed by atoms with Gasteiger partial charge in [-0.05, 0) is 18.2 Å². The second-order valence-electron chi connectivity index (χ2n) is 5.30. The SMILES string of the molecule is COC1COCC1S(=O)(=O)NCc1ccn(-c2ccccc2)n1. The van der Waals surface area contributed by atoms with Gasteiger partial charge in [0.2, 0.25) is 10.0 Å². The maximum absolute atomic E-state index is 12.3. The standard InChI is InChI=1S/C15H19N3O4S/c1-21-14-10-22-11-15(14)23(19,20)16-9-12-7-8-18(17-12)13-5-3-2-4-6-13/h2-8,14-16H,9-11H2,1H3. The van der Waals surface area contributed by atoms with Crippen molar-refractivity contribution in [1.82, 2.24) is 14.5 Å². The zero-order valence-corrected chi connectivity index (χ0v) is 13.6. The first-order chi connectivity index (χ1) is 11.1. The van der Waals surface area contributed by atoms with Crippen molar-refractivity contribution in [3.05, 3.63) is 48.3 Å². The summed E-state index contributed by atoms with van der Waals surface area (Å²) in [4.78, 5) is 0. The zero-order valence-electron chi connectivity index (χ0n) is 12.8. The molecule has 1 aromatic carbocycles. The van der Waals surface area contributed by atoms with E-state index in [-0.39, 0.29) is 13.2 Å². The van der Waals surface area contributed by atoms with Crippen molar-refractivity contribution in [2.75, 3.05) is 20.3 Å². The summed E-state index contributed by atoms with van der Waals surface area (Å²) in [6.07, 6.45) is 1.37. The summed E-state index contributed by atoms with van der Waals surface area (Å²) >= 11 is 0. The molecule has 1 saturated heterocycles. The van der Waals surface area contributed by atoms with Crippen molar-refractivity contribution >= 4 is 10.0 Å². The quantitative estimate of drug-likeness (QED) is 0.839. The van der Waals surface area contributed by atoms with E-state index in [0.717, 1.165) is 5.69 Å². The molecule has 0 aliphatic carbocycles. The van der Waals surface area contributed by atoms with E-state index in [1.165, 1.54) is 7.11 Å². The highest BCUT2D eigenvalue weighted by molar-refractivity contribution is 7.90. The number of nitrogens with zero attached hydrogens (tertiary/aromatic N) is 2. The van der Waals surface area contributed by atoms with Crippen LogP contribution in [-0.4, -0.2) is 49.9 Å². The average Bonchev–Trinajstić information content (AvgIpc) is 3.23. The molecule has 1 N–H and O–H groups in total. The van der Waals surface area contributed by atoms with Crippen LogP contribution in [0.25, 0.3) is 5.69 Å². The zero-order chi connectivity index (χ0) is 16.3. The van der Waals surface area contributed by atoms with Crippen LogP contribution >= 0.6 is 0 Å². The molecule has 0 bridgehead atoms. The van der Waals surface area contributed by atoms with Gasteiger partial charge < -0.3 is 9.47 Å². The third-order valence-electron chi connectivity index (χ3n) is 3.80. The van der Waals surface area contributed by atoms with Crippen LogP contribution < -0.4 is 4.72 Å². The van der Waals surface area contributed by atoms with Crippen LogP contribution in [0.15, 0.2) is 42.6 Å². The predicted molar refractivity (Wildman–Crippen MR) is 84.7 cm³/mol. The van der Waals surface area contributed by atoms with E-state index in [0.29, 0.717) is 12.3 Å². The van der Waals surface area contributed by atoms with Crippen molar-refractivity contribution in [3.8, 4) is 5.69 Å². The average molecular weight is 337 g/mol. The van der Waals surface area contributed by atoms with Gasteiger partial charge in [0.15, 0.2) is 0 Å². The third kappa shape index (κ3) is 3.61. The Hall–Kier alpha value is -1.74. The first-order valence-corrected chi connectivity index (χ1v) is 8.84. The number of rotatable bonds is 6. The Morgan fingerprint density at radius 2 is 2.09 bits per heavy atom. The molecule has 0 amide bonds. The maximum atomic E-state index is 12.3. The second-order valence-corrected chi connectivity index (χ2v) is 7.29. The number of nitrogens with one attached hydrogen (secondary N) is 1. The number of methoxy groups -OCH3 is 1. The van der Waals surface area contributed by atoms with Gasteiger partial charge in [-0.3, -0.25) is 0 Å². The van der Waals surface area contributed by atoms with Gasteiger partial charge in [-0.15, -0.1) is 0 Å². The van der Waals surface area contributed by atoms with E-state index in [4.69, 9.17) is 9.47 Å². The molecule has 1 aliphatic heterocycles. The maximum Gasteiger partial charge on any atom is 0.219 e. The van der Waals surface area contributed by atoms with Crippen molar-refractivity contribution in [2.45, 2.75) is 17.9 Å². The summed E-state index contributed by atoms with van der Waals surface area (Å²) < 4.78 is 39.3. The fourth-order valence-electron chi connectivity index (χ4n) is 2.49. The van der Waals surface area contributed by atoms with Crippen LogP contribution in [0.5, 0.6) is 0 Å². The molecule has 0 spiro atoms. The molecule has 0 radical (unpaired) electrons. The molecule has 8 heteroatoms. The van der Waals surface area contributed by atoms with Crippen molar-refractivity contribution < 1.29 is 17.9 Å². The lowest BCUT2D eigenvalue weighted by Crippen LogP contribution is -2.41. The fraction of sp³-hybridized carbons (Fsp3) is 0.400. The van der Waals surface area contributed by atoms with Gasteiger partial charge in [0.05, 0.1) is 31.1 Å². The molecule has 3 rings (SSSR count). The van der Waals surface area contributed by atoms with Gasteiger partial charge in [0.1, 0.15) is 11.4 Å². The molecular formula is C15H19N3O4S. The third-order valence-corrected chi connectivity index (χ3v) is 5.58. The van der Waals surface area contributed by atoms with Crippen molar-refractivity contribution in [1.29, 1.82) is 0 Å². The number of sulfonamides is 1. The molecule has 23 heavy (non-hydrogen) atoms. The number of benzene rings is 1. The van der Waals surface area contributed by atoms with Gasteiger partial charge in [-0.2, -0.15) is 5.10 Å². The first-order valence-electron chi connectivity index (χ1n) is 7.29. The van der Waals surface area contributed by atoms with Crippen LogP contribution in [0.2, 0.25) is 0 Å². The van der Waals surface area contributed by atoms with E-state index in [1.807, 2.05) is 30.3 Å². The number of hydrogen-bond acceptors (Lipinski definition) is 5. The fourth-order valence-corrected chi connectivity index (χ4v) is 3.91. The smallest absolute Gasteiger partial charge is 0.219 e. The monoisotopic (exact) mass is 337 g/mol. The second kappa shape index (κ2) is 6.79. The van der Waals surface area contributed by atoms with Gasteiger partial charge in [0.25, 0.3) is 0 Å². The summed E-state index contributed by atoms with van der Waals surface area (Å²) in [5.41, 5.74) is 1.57. The van der Waals surface area contributed by atoms with E-state index < -0.39 is 21.4 Å². The Balaban J connectivity index is 1.66. The van der Waals surface area contributed by atoms with Crippen LogP contribution in [0.3, 0.4) is 0 Å². The van der Waals surface area contributed by atoms with E-state index in [1.54, 1.807) is 16.9 Å². The summed E-state index contributed by atoms with van der Waals surface area (Å²) in [5.74, 6) is 0. The molecule has 2 atom stereocenters. The molecule has 2 heterocycles.